The molecule has 8 heteroatoms. The number of nitrogens with one attached hydrogen (secondary N) is 1. The molecule has 1 aromatic rings. The molecule has 0 radical (unpaired) electrons. The van der Waals surface area contributed by atoms with Crippen molar-refractivity contribution in [1.29, 1.82) is 0 Å². The molecular formula is C17H25NO7. The molecule has 25 heavy (non-hydrogen) atoms. The van der Waals surface area contributed by atoms with Gasteiger partial charge in [0.05, 0.1) is 19.8 Å². The Kier molecular flexibility index (Phi) is 13.4. The molecule has 1 aromatic carbocycles. The maximum atomic E-state index is 9.10. The second kappa shape index (κ2) is 15.0. The molecule has 0 heterocycles. The first kappa shape index (κ1) is 22.4. The third-order valence-electron chi connectivity index (χ3n) is 2.53. The van der Waals surface area contributed by atoms with Crippen molar-refractivity contribution in [2.75, 3.05) is 39.5 Å². The van der Waals surface area contributed by atoms with Crippen LogP contribution in [0.25, 0.3) is 0 Å². The first-order valence-electron chi connectivity index (χ1n) is 7.72. The highest BCUT2D eigenvalue weighted by Gasteiger charge is 2.04. The summed E-state index contributed by atoms with van der Waals surface area (Å²) in [4.78, 5) is 18.2. The molecule has 0 unspecified atom stereocenters. The Morgan fingerprint density at radius 1 is 1.04 bits per heavy atom. The minimum absolute atomic E-state index is 0.551. The van der Waals surface area contributed by atoms with Gasteiger partial charge in [-0.15, -0.1) is 6.58 Å². The van der Waals surface area contributed by atoms with E-state index in [2.05, 4.69) is 11.9 Å². The predicted octanol–water partition coefficient (Wildman–Crippen LogP) is 1.41. The fourth-order valence-corrected chi connectivity index (χ4v) is 1.47. The lowest BCUT2D eigenvalue weighted by Gasteiger charge is -2.08. The number of rotatable bonds is 11. The molecule has 1 rings (SSSR count). The van der Waals surface area contributed by atoms with Gasteiger partial charge >= 0.3 is 11.9 Å². The third-order valence-corrected chi connectivity index (χ3v) is 2.53. The van der Waals surface area contributed by atoms with Gasteiger partial charge in [0.15, 0.2) is 0 Å². The van der Waals surface area contributed by atoms with Gasteiger partial charge in [-0.2, -0.15) is 0 Å². The summed E-state index contributed by atoms with van der Waals surface area (Å²) in [6.45, 7) is 9.72. The van der Waals surface area contributed by atoms with E-state index in [0.29, 0.717) is 26.4 Å². The molecule has 3 N–H and O–H groups in total. The summed E-state index contributed by atoms with van der Waals surface area (Å²) in [6.07, 6.45) is 1.83. The summed E-state index contributed by atoms with van der Waals surface area (Å²) in [5.74, 6) is -1.96. The monoisotopic (exact) mass is 355 g/mol. The summed E-state index contributed by atoms with van der Waals surface area (Å²) in [6, 6.07) is 7.60. The molecule has 0 aliphatic carbocycles. The fraction of sp³-hybridized carbons (Fsp3) is 0.412. The van der Waals surface area contributed by atoms with E-state index in [1.807, 2.05) is 37.3 Å². The number of carboxylic acid groups (broad SMARTS) is 2. The van der Waals surface area contributed by atoms with Crippen LogP contribution in [-0.2, 0) is 14.3 Å². The van der Waals surface area contributed by atoms with E-state index in [1.165, 1.54) is 0 Å². The summed E-state index contributed by atoms with van der Waals surface area (Å²) >= 11 is 0. The van der Waals surface area contributed by atoms with Gasteiger partial charge in [0, 0.05) is 13.1 Å². The summed E-state index contributed by atoms with van der Waals surface area (Å²) < 4.78 is 16.3. The average molecular weight is 355 g/mol. The molecule has 0 aliphatic heterocycles. The molecule has 0 aromatic heterocycles. The van der Waals surface area contributed by atoms with E-state index in [1.54, 1.807) is 0 Å². The number of carbonyl (C=O) groups is 2. The Bertz CT molecular complexity index is 490. The van der Waals surface area contributed by atoms with E-state index >= 15 is 0 Å². The van der Waals surface area contributed by atoms with Crippen LogP contribution in [-0.4, -0.2) is 61.7 Å². The van der Waals surface area contributed by atoms with E-state index in [-0.39, 0.29) is 0 Å². The summed E-state index contributed by atoms with van der Waals surface area (Å²) in [7, 11) is 0. The summed E-state index contributed by atoms with van der Waals surface area (Å²) in [5.41, 5.74) is 0. The van der Waals surface area contributed by atoms with Crippen LogP contribution in [0.4, 0.5) is 0 Å². The Morgan fingerprint density at radius 2 is 1.60 bits per heavy atom. The van der Waals surface area contributed by atoms with Crippen LogP contribution in [0, 0.1) is 0 Å². The Balaban J connectivity index is 0.000000823. The largest absolute Gasteiger partial charge is 0.494 e. The normalized spacial score (nSPS) is 9.48. The van der Waals surface area contributed by atoms with Crippen LogP contribution >= 0.6 is 0 Å². The van der Waals surface area contributed by atoms with Crippen LogP contribution in [0.15, 0.2) is 36.9 Å². The van der Waals surface area contributed by atoms with Gasteiger partial charge in [0.25, 0.3) is 0 Å². The van der Waals surface area contributed by atoms with Crippen molar-refractivity contribution in [3.63, 3.8) is 0 Å². The standard InChI is InChI=1S/C15H23NO3.C2H2O4/c1-3-9-16-10-11-17-12-13-19-15-7-5-14(6-8-15)18-4-2;3-1(4)2(5)6/h3,5-8,16H,1,4,9-13H2,2H3;(H,3,4)(H,5,6). The maximum Gasteiger partial charge on any atom is 0.414 e. The highest BCUT2D eigenvalue weighted by molar-refractivity contribution is 6.27. The topological polar surface area (TPSA) is 114 Å². The molecule has 140 valence electrons. The third kappa shape index (κ3) is 13.5. The quantitative estimate of drug-likeness (QED) is 0.310. The van der Waals surface area contributed by atoms with Crippen molar-refractivity contribution in [1.82, 2.24) is 5.32 Å². The lowest BCUT2D eigenvalue weighted by molar-refractivity contribution is -0.159. The predicted molar refractivity (Wildman–Crippen MR) is 92.3 cm³/mol. The SMILES string of the molecule is C=CCNCCOCCOc1ccc(OCC)cc1.O=C(O)C(=O)O. The Morgan fingerprint density at radius 3 is 2.08 bits per heavy atom. The van der Waals surface area contributed by atoms with Crippen LogP contribution in [0.3, 0.4) is 0 Å². The van der Waals surface area contributed by atoms with Crippen LogP contribution < -0.4 is 14.8 Å². The van der Waals surface area contributed by atoms with Gasteiger partial charge in [-0.3, -0.25) is 0 Å². The van der Waals surface area contributed by atoms with Gasteiger partial charge < -0.3 is 29.7 Å². The molecule has 0 saturated heterocycles. The van der Waals surface area contributed by atoms with Crippen LogP contribution in [0.5, 0.6) is 11.5 Å². The van der Waals surface area contributed by atoms with Crippen molar-refractivity contribution in [2.24, 2.45) is 0 Å². The van der Waals surface area contributed by atoms with Crippen molar-refractivity contribution in [3.8, 4) is 11.5 Å². The molecular weight excluding hydrogens is 330 g/mol. The number of hydrogen-bond acceptors (Lipinski definition) is 6. The van der Waals surface area contributed by atoms with E-state index < -0.39 is 11.9 Å². The van der Waals surface area contributed by atoms with E-state index in [0.717, 1.165) is 24.6 Å². The highest BCUT2D eigenvalue weighted by atomic mass is 16.5. The van der Waals surface area contributed by atoms with E-state index in [9.17, 15) is 0 Å². The minimum Gasteiger partial charge on any atom is -0.494 e. The zero-order valence-corrected chi connectivity index (χ0v) is 14.3. The smallest absolute Gasteiger partial charge is 0.414 e. The number of benzene rings is 1. The van der Waals surface area contributed by atoms with E-state index in [4.69, 9.17) is 34.0 Å². The average Bonchev–Trinajstić information content (AvgIpc) is 2.59. The molecule has 0 fully saturated rings. The first-order chi connectivity index (χ1) is 12.0. The zero-order valence-electron chi connectivity index (χ0n) is 14.3. The number of carboxylic acids is 2. The van der Waals surface area contributed by atoms with Gasteiger partial charge in [0.2, 0.25) is 0 Å². The number of aliphatic carboxylic acids is 2. The van der Waals surface area contributed by atoms with Gasteiger partial charge in [-0.1, -0.05) is 6.08 Å². The zero-order chi connectivity index (χ0) is 18.9. The molecule has 0 amide bonds. The molecule has 0 atom stereocenters. The van der Waals surface area contributed by atoms with Gasteiger partial charge in [0.1, 0.15) is 18.1 Å². The van der Waals surface area contributed by atoms with Crippen LogP contribution in [0.2, 0.25) is 0 Å². The van der Waals surface area contributed by atoms with Crippen molar-refractivity contribution < 1.29 is 34.0 Å². The van der Waals surface area contributed by atoms with Crippen molar-refractivity contribution >= 4 is 11.9 Å². The first-order valence-corrected chi connectivity index (χ1v) is 7.72. The highest BCUT2D eigenvalue weighted by Crippen LogP contribution is 2.17. The Labute approximate surface area is 147 Å². The van der Waals surface area contributed by atoms with Gasteiger partial charge in [-0.05, 0) is 31.2 Å². The minimum atomic E-state index is -1.82. The summed E-state index contributed by atoms with van der Waals surface area (Å²) in [5, 5.41) is 17.9. The Hall–Kier alpha value is -2.58. The second-order valence-corrected chi connectivity index (χ2v) is 4.47. The molecule has 8 nitrogen and oxygen atoms in total. The maximum absolute atomic E-state index is 9.10. The van der Waals surface area contributed by atoms with Crippen LogP contribution in [0.1, 0.15) is 6.92 Å². The second-order valence-electron chi connectivity index (χ2n) is 4.47. The number of ether oxygens (including phenoxy) is 3. The molecule has 0 bridgehead atoms. The van der Waals surface area contributed by atoms with Gasteiger partial charge in [-0.25, -0.2) is 9.59 Å². The van der Waals surface area contributed by atoms with Crippen molar-refractivity contribution in [2.45, 2.75) is 6.92 Å². The molecule has 0 aliphatic rings. The fourth-order valence-electron chi connectivity index (χ4n) is 1.47. The van der Waals surface area contributed by atoms with Crippen molar-refractivity contribution in [3.05, 3.63) is 36.9 Å². The molecule has 0 spiro atoms. The molecule has 0 saturated carbocycles. The lowest BCUT2D eigenvalue weighted by Crippen LogP contribution is -2.20. The number of hydrogen-bond donors (Lipinski definition) is 3. The lowest BCUT2D eigenvalue weighted by atomic mass is 10.3.